The van der Waals surface area contributed by atoms with Gasteiger partial charge in [0.2, 0.25) is 17.7 Å². The third-order valence-electron chi connectivity index (χ3n) is 11.0. The molecule has 17 heteroatoms. The Morgan fingerprint density at radius 1 is 0.831 bits per heavy atom. The van der Waals surface area contributed by atoms with Gasteiger partial charge in [0.25, 0.3) is 0 Å². The minimum Gasteiger partial charge on any atom is -0.491 e. The summed E-state index contributed by atoms with van der Waals surface area (Å²) in [4.78, 5) is 48.5. The van der Waals surface area contributed by atoms with E-state index in [0.717, 1.165) is 61.2 Å². The maximum atomic E-state index is 13.5. The van der Waals surface area contributed by atoms with Crippen LogP contribution in [0.25, 0.3) is 16.1 Å². The molecule has 8 rings (SSSR count). The van der Waals surface area contributed by atoms with Gasteiger partial charge in [-0.2, -0.15) is 0 Å². The molecule has 2 aliphatic rings. The first-order chi connectivity index (χ1) is 31.5. The molecule has 0 bridgehead atoms. The number of halogens is 1. The number of carbonyl (C=O) groups excluding carboxylic acids is 3. The standard InChI is InChI=1S/C48H49ClN8O7S/c1-28-23-41(50-27-38(28)33-7-14-39-34(24-33)25-43(59)52-39)54-42(58)15-16-61-17-18-62-19-20-63-21-22-64-37-12-10-36(11-13-37)51-44(60)26-40-47-56-55-31(4)57(47)48-45(29(2)30(3)65-48)46(53-40)32-5-8-35(49)9-6-32/h5-14,23-24,27,40H,15-22,25-26H2,1-4H3,(H,51,60)(H,52,59)(H,50,54,58). The summed E-state index contributed by atoms with van der Waals surface area (Å²) in [6.45, 7) is 10.5. The molecule has 336 valence electrons. The van der Waals surface area contributed by atoms with Gasteiger partial charge in [-0.25, -0.2) is 4.98 Å². The lowest BCUT2D eigenvalue weighted by molar-refractivity contribution is -0.118. The van der Waals surface area contributed by atoms with Gasteiger partial charge in [0.15, 0.2) is 5.82 Å². The molecule has 2 aliphatic heterocycles. The number of nitrogens with one attached hydrogen (secondary N) is 3. The fourth-order valence-electron chi connectivity index (χ4n) is 7.61. The van der Waals surface area contributed by atoms with E-state index in [1.54, 1.807) is 41.8 Å². The number of anilines is 3. The molecule has 3 amide bonds. The van der Waals surface area contributed by atoms with Gasteiger partial charge in [0, 0.05) is 44.2 Å². The number of carbonyl (C=O) groups is 3. The summed E-state index contributed by atoms with van der Waals surface area (Å²) < 4.78 is 24.6. The minimum absolute atomic E-state index is 0.00643. The molecule has 65 heavy (non-hydrogen) atoms. The predicted molar refractivity (Wildman–Crippen MR) is 251 cm³/mol. The second-order valence-electron chi connectivity index (χ2n) is 15.6. The van der Waals surface area contributed by atoms with Crippen LogP contribution < -0.4 is 20.7 Å². The van der Waals surface area contributed by atoms with Crippen LogP contribution in [0.15, 0.2) is 84.0 Å². The number of pyridine rings is 1. The lowest BCUT2D eigenvalue weighted by Gasteiger charge is -2.13. The van der Waals surface area contributed by atoms with Crippen LogP contribution >= 0.6 is 22.9 Å². The molecule has 0 aliphatic carbocycles. The number of amides is 3. The molecule has 15 nitrogen and oxygen atoms in total. The van der Waals surface area contributed by atoms with Crippen molar-refractivity contribution in [1.29, 1.82) is 0 Å². The Bertz CT molecular complexity index is 2730. The van der Waals surface area contributed by atoms with Crippen molar-refractivity contribution in [2.24, 2.45) is 4.99 Å². The van der Waals surface area contributed by atoms with Gasteiger partial charge < -0.3 is 34.9 Å². The number of hydrogen-bond donors (Lipinski definition) is 3. The first-order valence-electron chi connectivity index (χ1n) is 21.3. The lowest BCUT2D eigenvalue weighted by Crippen LogP contribution is -2.17. The van der Waals surface area contributed by atoms with Gasteiger partial charge >= 0.3 is 0 Å². The molecule has 6 aromatic rings. The SMILES string of the molecule is Cc1cc(NC(=O)CCOCCOCCOCCOc2ccc(NC(=O)CC3N=C(c4ccc(Cl)cc4)c4c(sc(C)c4C)-n4c(C)nnc43)cc2)ncc1-c1ccc2c(c1)CC(=O)N2. The largest absolute Gasteiger partial charge is 0.491 e. The molecule has 3 aromatic carbocycles. The molecule has 0 spiro atoms. The van der Waals surface area contributed by atoms with Gasteiger partial charge in [-0.3, -0.25) is 23.9 Å². The normalized spacial score (nSPS) is 13.9. The molecule has 5 heterocycles. The Kier molecular flexibility index (Phi) is 14.4. The summed E-state index contributed by atoms with van der Waals surface area (Å²) in [5.74, 6) is 2.04. The van der Waals surface area contributed by atoms with Crippen molar-refractivity contribution in [3.8, 4) is 21.9 Å². The highest BCUT2D eigenvalue weighted by Gasteiger charge is 2.32. The first kappa shape index (κ1) is 45.3. The van der Waals surface area contributed by atoms with E-state index in [-0.39, 0.29) is 37.2 Å². The van der Waals surface area contributed by atoms with Crippen LogP contribution in [0.4, 0.5) is 17.2 Å². The van der Waals surface area contributed by atoms with Crippen molar-refractivity contribution < 1.29 is 33.3 Å². The van der Waals surface area contributed by atoms with Crippen molar-refractivity contribution in [1.82, 2.24) is 19.7 Å². The average molecular weight is 917 g/mol. The third kappa shape index (κ3) is 11.0. The quantitative estimate of drug-likeness (QED) is 0.0672. The van der Waals surface area contributed by atoms with Crippen molar-refractivity contribution >= 4 is 63.6 Å². The maximum Gasteiger partial charge on any atom is 0.228 e. The monoisotopic (exact) mass is 916 g/mol. The number of hydrogen-bond acceptors (Lipinski definition) is 12. The Labute approximate surface area is 385 Å². The Morgan fingerprint density at radius 3 is 2.28 bits per heavy atom. The van der Waals surface area contributed by atoms with Crippen molar-refractivity contribution in [2.45, 2.75) is 53.0 Å². The molecule has 0 radical (unpaired) electrons. The Morgan fingerprint density at radius 2 is 1.54 bits per heavy atom. The molecule has 3 aromatic heterocycles. The Hall–Kier alpha value is -6.30. The summed E-state index contributed by atoms with van der Waals surface area (Å²) in [6.07, 6.45) is 2.34. The number of fused-ring (bicyclic) bond motifs is 4. The second-order valence-corrected chi connectivity index (χ2v) is 17.3. The van der Waals surface area contributed by atoms with Crippen LogP contribution in [0.1, 0.15) is 63.2 Å². The number of benzene rings is 3. The zero-order valence-corrected chi connectivity index (χ0v) is 38.1. The van der Waals surface area contributed by atoms with Crippen LogP contribution in [0.2, 0.25) is 5.02 Å². The van der Waals surface area contributed by atoms with Gasteiger partial charge in [0.1, 0.15) is 35.0 Å². The molecular weight excluding hydrogens is 868 g/mol. The van der Waals surface area contributed by atoms with Crippen LogP contribution in [0, 0.1) is 27.7 Å². The van der Waals surface area contributed by atoms with Gasteiger partial charge in [-0.15, -0.1) is 21.5 Å². The van der Waals surface area contributed by atoms with Gasteiger partial charge in [-0.1, -0.05) is 29.8 Å². The molecule has 1 unspecified atom stereocenters. The lowest BCUT2D eigenvalue weighted by atomic mass is 9.99. The number of aliphatic imine (C=N–C) groups is 1. The van der Waals surface area contributed by atoms with E-state index in [9.17, 15) is 14.4 Å². The number of rotatable bonds is 19. The topological polar surface area (TPSA) is 180 Å². The highest BCUT2D eigenvalue weighted by Crippen LogP contribution is 2.40. The number of nitrogens with zero attached hydrogens (tertiary/aromatic N) is 5. The number of thiophene rings is 1. The smallest absolute Gasteiger partial charge is 0.228 e. The minimum atomic E-state index is -0.580. The zero-order chi connectivity index (χ0) is 45.5. The van der Waals surface area contributed by atoms with Gasteiger partial charge in [0.05, 0.1) is 64.6 Å². The number of aromatic nitrogens is 4. The summed E-state index contributed by atoms with van der Waals surface area (Å²) >= 11 is 7.90. The fourth-order valence-corrected chi connectivity index (χ4v) is 8.95. The zero-order valence-electron chi connectivity index (χ0n) is 36.5. The maximum absolute atomic E-state index is 13.5. The summed E-state index contributed by atoms with van der Waals surface area (Å²) in [6, 6.07) is 21.9. The van der Waals surface area contributed by atoms with Crippen LogP contribution in [-0.4, -0.2) is 89.4 Å². The van der Waals surface area contributed by atoms with Crippen LogP contribution in [-0.2, 0) is 35.0 Å². The average Bonchev–Trinajstić information content (AvgIpc) is 3.92. The van der Waals surface area contributed by atoms with Crippen molar-refractivity contribution in [2.75, 3.05) is 62.2 Å². The van der Waals surface area contributed by atoms with E-state index in [1.165, 1.54) is 4.88 Å². The number of ether oxygens (including phenoxy) is 4. The van der Waals surface area contributed by atoms with Crippen molar-refractivity contribution in [3.05, 3.63) is 128 Å². The highest BCUT2D eigenvalue weighted by molar-refractivity contribution is 7.15. The van der Waals surface area contributed by atoms with Crippen LogP contribution in [0.5, 0.6) is 5.75 Å². The highest BCUT2D eigenvalue weighted by atomic mass is 35.5. The predicted octanol–water partition coefficient (Wildman–Crippen LogP) is 8.15. The second kappa shape index (κ2) is 20.7. The van der Waals surface area contributed by atoms with Gasteiger partial charge in [-0.05, 0) is 105 Å². The van der Waals surface area contributed by atoms with E-state index in [2.05, 4.69) is 45.0 Å². The molecular formula is C48H49ClN8O7S. The molecule has 0 saturated carbocycles. The first-order valence-corrected chi connectivity index (χ1v) is 22.5. The van der Waals surface area contributed by atoms with E-state index < -0.39 is 6.04 Å². The summed E-state index contributed by atoms with van der Waals surface area (Å²) in [7, 11) is 0. The van der Waals surface area contributed by atoms with E-state index in [0.29, 0.717) is 74.2 Å². The molecule has 0 saturated heterocycles. The van der Waals surface area contributed by atoms with E-state index in [1.807, 2.05) is 66.9 Å². The summed E-state index contributed by atoms with van der Waals surface area (Å²) in [5.41, 5.74) is 9.14. The molecule has 0 fully saturated rings. The Balaban J connectivity index is 0.701. The van der Waals surface area contributed by atoms with E-state index in [4.69, 9.17) is 35.5 Å². The number of aryl methyl sites for hydroxylation is 3. The molecule has 3 N–H and O–H groups in total. The van der Waals surface area contributed by atoms with Crippen molar-refractivity contribution in [3.63, 3.8) is 0 Å². The third-order valence-corrected chi connectivity index (χ3v) is 12.5. The summed E-state index contributed by atoms with van der Waals surface area (Å²) in [5, 5.41) is 19.2. The molecule has 1 atom stereocenters. The fraction of sp³-hybridized carbons (Fsp3) is 0.312. The van der Waals surface area contributed by atoms with Crippen LogP contribution in [0.3, 0.4) is 0 Å². The van der Waals surface area contributed by atoms with E-state index >= 15 is 0 Å².